The molecule has 0 aliphatic carbocycles. The lowest BCUT2D eigenvalue weighted by molar-refractivity contribution is -0.125. The van der Waals surface area contributed by atoms with E-state index in [2.05, 4.69) is 40.9 Å². The zero-order valence-electron chi connectivity index (χ0n) is 25.3. The van der Waals surface area contributed by atoms with Gasteiger partial charge in [0.05, 0.1) is 18.2 Å². The number of nitrogens with zero attached hydrogens (tertiary/aromatic N) is 3. The summed E-state index contributed by atoms with van der Waals surface area (Å²) in [5.41, 5.74) is 6.71. The van der Waals surface area contributed by atoms with E-state index in [4.69, 9.17) is 14.2 Å². The first-order valence-electron chi connectivity index (χ1n) is 14.8. The van der Waals surface area contributed by atoms with Gasteiger partial charge < -0.3 is 24.6 Å². The fourth-order valence-electron chi connectivity index (χ4n) is 7.63. The Labute approximate surface area is 247 Å². The molecule has 4 aliphatic heterocycles. The third-order valence-corrected chi connectivity index (χ3v) is 9.77. The lowest BCUT2D eigenvalue weighted by Gasteiger charge is -2.60. The minimum atomic E-state index is -0.459. The summed E-state index contributed by atoms with van der Waals surface area (Å²) in [6, 6.07) is 3.56. The number of carbonyl (C=O) groups excluding carboxylic acids is 1. The monoisotopic (exact) mass is 572 g/mol. The second-order valence-corrected chi connectivity index (χ2v) is 12.3. The highest BCUT2D eigenvalue weighted by atomic mass is 16.7. The number of aromatic hydroxyl groups is 1. The molecule has 0 aromatic heterocycles. The van der Waals surface area contributed by atoms with Crippen molar-refractivity contribution in [3.63, 3.8) is 0 Å². The minimum absolute atomic E-state index is 0.0559. The van der Waals surface area contributed by atoms with Gasteiger partial charge in [-0.05, 0) is 57.4 Å². The minimum Gasteiger partial charge on any atom is -0.507 e. The highest BCUT2D eigenvalue weighted by Crippen LogP contribution is 2.57. The van der Waals surface area contributed by atoms with Gasteiger partial charge in [0.2, 0.25) is 12.7 Å². The van der Waals surface area contributed by atoms with Gasteiger partial charge >= 0.3 is 0 Å². The largest absolute Gasteiger partial charge is 0.507 e. The number of amides is 1. The number of carbonyl (C=O) groups is 1. The van der Waals surface area contributed by atoms with Crippen molar-refractivity contribution >= 4 is 5.91 Å². The normalized spacial score (nSPS) is 25.7. The predicted molar refractivity (Wildman–Crippen MR) is 158 cm³/mol. The van der Waals surface area contributed by atoms with Gasteiger partial charge in [0.1, 0.15) is 24.1 Å². The number of ether oxygens (including phenoxy) is 3. The molecule has 1 amide bonds. The van der Waals surface area contributed by atoms with E-state index in [-0.39, 0.29) is 42.8 Å². The molecule has 42 heavy (non-hydrogen) atoms. The Bertz CT molecular complexity index is 1510. The molecule has 1 fully saturated rings. The van der Waals surface area contributed by atoms with Gasteiger partial charge in [0, 0.05) is 46.8 Å². The number of nitrogens with one attached hydrogen (secondary N) is 1. The van der Waals surface area contributed by atoms with E-state index in [1.807, 2.05) is 34.6 Å². The van der Waals surface area contributed by atoms with Gasteiger partial charge in [-0.2, -0.15) is 5.26 Å². The zero-order chi connectivity index (χ0) is 30.0. The van der Waals surface area contributed by atoms with Crippen LogP contribution < -0.4 is 19.5 Å². The number of aryl methyl sites for hydroxylation is 1. The number of rotatable bonds is 6. The fraction of sp³-hybridized carbons (Fsp3) is 0.515. The Morgan fingerprint density at radius 1 is 1.21 bits per heavy atom. The zero-order valence-corrected chi connectivity index (χ0v) is 25.3. The maximum atomic E-state index is 12.9. The van der Waals surface area contributed by atoms with Crippen LogP contribution in [-0.2, 0) is 17.6 Å². The summed E-state index contributed by atoms with van der Waals surface area (Å²) in [7, 11) is 2.07. The van der Waals surface area contributed by atoms with Crippen molar-refractivity contribution in [2.75, 3.05) is 27.0 Å². The molecular weight excluding hydrogens is 532 g/mol. The van der Waals surface area contributed by atoms with Crippen LogP contribution in [0.3, 0.4) is 0 Å². The van der Waals surface area contributed by atoms with Crippen LogP contribution in [0.25, 0.3) is 0 Å². The second-order valence-electron chi connectivity index (χ2n) is 12.3. The van der Waals surface area contributed by atoms with E-state index in [0.29, 0.717) is 43.2 Å². The van der Waals surface area contributed by atoms with Crippen molar-refractivity contribution in [2.45, 2.75) is 77.7 Å². The van der Waals surface area contributed by atoms with E-state index in [1.165, 1.54) is 0 Å². The summed E-state index contributed by atoms with van der Waals surface area (Å²) in [5, 5.41) is 25.5. The van der Waals surface area contributed by atoms with E-state index < -0.39 is 6.04 Å². The van der Waals surface area contributed by atoms with E-state index >= 15 is 0 Å². The van der Waals surface area contributed by atoms with Gasteiger partial charge in [-0.15, -0.1) is 0 Å². The molecular formula is C33H40N4O5. The van der Waals surface area contributed by atoms with Crippen molar-refractivity contribution in [1.29, 1.82) is 5.26 Å². The standard InChI is InChI=1S/C33H40N4O5/c1-8-9-40-30-19(6)31-32(42-15-41-31)27-21(30)12-23-28-26-20(10-17(4)18(5)29(26)38)11-22(36(28)7)24(13-34)37(23)25(27)14-35-33(39)16(2)3/h8,10,16,22-25,28,38H,1,9,11-12,14-15H2,2-7H3,(H,35,39)/t22-,23?,24+,25+,28?/m1/s1. The number of phenols is 1. The van der Waals surface area contributed by atoms with Crippen molar-refractivity contribution in [3.8, 4) is 29.1 Å². The summed E-state index contributed by atoms with van der Waals surface area (Å²) in [4.78, 5) is 17.5. The molecule has 4 aliphatic rings. The first-order valence-corrected chi connectivity index (χ1v) is 14.8. The van der Waals surface area contributed by atoms with Crippen LogP contribution in [0, 0.1) is 38.0 Å². The molecule has 0 spiro atoms. The third-order valence-electron chi connectivity index (χ3n) is 9.77. The fourth-order valence-corrected chi connectivity index (χ4v) is 7.63. The number of piperazine rings is 1. The van der Waals surface area contributed by atoms with Crippen LogP contribution in [0.1, 0.15) is 64.9 Å². The van der Waals surface area contributed by atoms with Gasteiger partial charge in [-0.1, -0.05) is 32.6 Å². The molecule has 1 saturated heterocycles. The van der Waals surface area contributed by atoms with Gasteiger partial charge in [-0.3, -0.25) is 14.6 Å². The summed E-state index contributed by atoms with van der Waals surface area (Å²) < 4.78 is 18.4. The molecule has 2 aromatic rings. The van der Waals surface area contributed by atoms with E-state index in [0.717, 1.165) is 44.7 Å². The molecule has 2 aromatic carbocycles. The highest BCUT2D eigenvalue weighted by Gasteiger charge is 2.56. The first-order chi connectivity index (χ1) is 20.1. The number of fused-ring (bicyclic) bond motifs is 9. The average Bonchev–Trinajstić information content (AvgIpc) is 3.45. The van der Waals surface area contributed by atoms with Gasteiger partial charge in [-0.25, -0.2) is 0 Å². The van der Waals surface area contributed by atoms with Crippen LogP contribution in [0.5, 0.6) is 23.0 Å². The molecule has 0 radical (unpaired) electrons. The lowest BCUT2D eigenvalue weighted by Crippen LogP contribution is -2.68. The van der Waals surface area contributed by atoms with Crippen LogP contribution in [0.2, 0.25) is 0 Å². The number of nitriles is 1. The Morgan fingerprint density at radius 2 is 1.95 bits per heavy atom. The van der Waals surface area contributed by atoms with Gasteiger partial charge in [0.25, 0.3) is 0 Å². The lowest BCUT2D eigenvalue weighted by atomic mass is 9.71. The van der Waals surface area contributed by atoms with Crippen LogP contribution >= 0.6 is 0 Å². The number of benzene rings is 2. The maximum Gasteiger partial charge on any atom is 0.231 e. The van der Waals surface area contributed by atoms with Crippen molar-refractivity contribution in [3.05, 3.63) is 57.7 Å². The Kier molecular flexibility index (Phi) is 7.11. The molecule has 9 heteroatoms. The van der Waals surface area contributed by atoms with Crippen molar-refractivity contribution in [2.24, 2.45) is 5.92 Å². The van der Waals surface area contributed by atoms with E-state index in [9.17, 15) is 15.2 Å². The van der Waals surface area contributed by atoms with Crippen molar-refractivity contribution < 1.29 is 24.1 Å². The quantitative estimate of drug-likeness (QED) is 0.497. The molecule has 4 heterocycles. The summed E-state index contributed by atoms with van der Waals surface area (Å²) >= 11 is 0. The Hall–Kier alpha value is -3.74. The summed E-state index contributed by atoms with van der Waals surface area (Å²) in [6.45, 7) is 14.3. The Balaban J connectivity index is 1.60. The smallest absolute Gasteiger partial charge is 0.231 e. The number of likely N-dealkylation sites (N-methyl/N-ethyl adjacent to an activating group) is 1. The molecule has 222 valence electrons. The molecule has 0 saturated carbocycles. The van der Waals surface area contributed by atoms with Crippen LogP contribution in [0.15, 0.2) is 18.7 Å². The molecule has 6 rings (SSSR count). The first kappa shape index (κ1) is 28.4. The molecule has 2 bridgehead atoms. The SMILES string of the molecule is C=CCOc1c(C)c2c(c3c1CC1C4c5c(cc(C)c(C)c5O)C[C@H]([C@H](C#N)N1[C@H]3CNC(=O)C(C)C)N4C)OCO2. The third kappa shape index (κ3) is 4.07. The highest BCUT2D eigenvalue weighted by molar-refractivity contribution is 5.78. The van der Waals surface area contributed by atoms with E-state index in [1.54, 1.807) is 6.08 Å². The summed E-state index contributed by atoms with van der Waals surface area (Å²) in [6.07, 6.45) is 2.94. The maximum absolute atomic E-state index is 12.9. The molecule has 2 unspecified atom stereocenters. The van der Waals surface area contributed by atoms with Crippen LogP contribution in [-0.4, -0.2) is 65.9 Å². The molecule has 5 atom stereocenters. The van der Waals surface area contributed by atoms with Gasteiger partial charge in [0.15, 0.2) is 11.5 Å². The van der Waals surface area contributed by atoms with Crippen molar-refractivity contribution in [1.82, 2.24) is 15.1 Å². The van der Waals surface area contributed by atoms with Crippen LogP contribution in [0.4, 0.5) is 0 Å². The topological polar surface area (TPSA) is 107 Å². The summed E-state index contributed by atoms with van der Waals surface area (Å²) in [5.74, 6) is 2.12. The second kappa shape index (κ2) is 10.5. The molecule has 9 nitrogen and oxygen atoms in total. The number of hydrogen-bond donors (Lipinski definition) is 2. The molecule has 2 N–H and O–H groups in total. The average molecular weight is 573 g/mol. The number of hydrogen-bond acceptors (Lipinski definition) is 8. The number of phenolic OH excluding ortho intramolecular Hbond substituents is 1. The Morgan fingerprint density at radius 3 is 2.64 bits per heavy atom. The predicted octanol–water partition coefficient (Wildman–Crippen LogP) is 4.15.